The van der Waals surface area contributed by atoms with E-state index in [0.717, 1.165) is 36.8 Å². The molecular formula is C21H26N2O2S. The number of carbonyl (C=O) groups excluding carboxylic acids is 1. The van der Waals surface area contributed by atoms with Gasteiger partial charge >= 0.3 is 0 Å². The van der Waals surface area contributed by atoms with E-state index in [1.165, 1.54) is 11.3 Å². The molecule has 1 unspecified atom stereocenters. The molecule has 0 aromatic heterocycles. The summed E-state index contributed by atoms with van der Waals surface area (Å²) in [5.41, 5.74) is 2.57. The molecule has 0 bridgehead atoms. The minimum absolute atomic E-state index is 0.0894. The molecular weight excluding hydrogens is 344 g/mol. The van der Waals surface area contributed by atoms with Crippen molar-refractivity contribution < 1.29 is 9.53 Å². The summed E-state index contributed by atoms with van der Waals surface area (Å²) in [6.45, 7) is 7.46. The van der Waals surface area contributed by atoms with Crippen molar-refractivity contribution in [2.24, 2.45) is 0 Å². The Kier molecular flexibility index (Phi) is 6.09. The second-order valence-corrected chi connectivity index (χ2v) is 7.95. The fourth-order valence-electron chi connectivity index (χ4n) is 3.25. The van der Waals surface area contributed by atoms with E-state index in [2.05, 4.69) is 36.1 Å². The Bertz CT molecular complexity index is 740. The van der Waals surface area contributed by atoms with Crippen molar-refractivity contribution in [2.75, 3.05) is 38.2 Å². The highest BCUT2D eigenvalue weighted by Crippen LogP contribution is 2.27. The fourth-order valence-corrected chi connectivity index (χ4v) is 4.20. The third kappa shape index (κ3) is 4.33. The normalized spacial score (nSPS) is 15.7. The zero-order chi connectivity index (χ0) is 18.5. The lowest BCUT2D eigenvalue weighted by Gasteiger charge is -2.37. The number of hydrogen-bond donors (Lipinski definition) is 0. The molecule has 1 saturated heterocycles. The average Bonchev–Trinajstić information content (AvgIpc) is 2.68. The van der Waals surface area contributed by atoms with Crippen LogP contribution in [0.3, 0.4) is 0 Å². The summed E-state index contributed by atoms with van der Waals surface area (Å²) in [6.07, 6.45) is 0. The number of benzene rings is 2. The summed E-state index contributed by atoms with van der Waals surface area (Å²) in [5.74, 6) is 1.05. The summed E-state index contributed by atoms with van der Waals surface area (Å²) in [7, 11) is 1.66. The van der Waals surface area contributed by atoms with E-state index in [1.807, 2.05) is 36.1 Å². The molecule has 5 heteroatoms. The van der Waals surface area contributed by atoms with Gasteiger partial charge in [0.15, 0.2) is 0 Å². The lowest BCUT2D eigenvalue weighted by molar-refractivity contribution is -0.130. The predicted molar refractivity (Wildman–Crippen MR) is 108 cm³/mol. The molecule has 138 valence electrons. The van der Waals surface area contributed by atoms with Crippen LogP contribution >= 0.6 is 11.8 Å². The third-order valence-electron chi connectivity index (χ3n) is 4.77. The van der Waals surface area contributed by atoms with Gasteiger partial charge in [-0.3, -0.25) is 4.79 Å². The molecule has 3 rings (SSSR count). The Hall–Kier alpha value is -2.14. The standard InChI is InChI=1S/C21H26N2O2S/c1-16-6-4-5-7-20(16)22-12-14-23(15-13-22)21(24)17(2)26-19-10-8-18(25-3)9-11-19/h4-11,17H,12-15H2,1-3H3. The van der Waals surface area contributed by atoms with Crippen LogP contribution < -0.4 is 9.64 Å². The van der Waals surface area contributed by atoms with Crippen molar-refractivity contribution in [3.8, 4) is 5.75 Å². The molecule has 0 aliphatic carbocycles. The quantitative estimate of drug-likeness (QED) is 0.749. The molecule has 1 aliphatic heterocycles. The number of ether oxygens (including phenoxy) is 1. The number of para-hydroxylation sites is 1. The lowest BCUT2D eigenvalue weighted by Crippen LogP contribution is -2.50. The van der Waals surface area contributed by atoms with E-state index in [4.69, 9.17) is 4.74 Å². The van der Waals surface area contributed by atoms with Gasteiger partial charge in [0.25, 0.3) is 0 Å². The van der Waals surface area contributed by atoms with Crippen LogP contribution in [0.25, 0.3) is 0 Å². The Morgan fingerprint density at radius 2 is 1.69 bits per heavy atom. The maximum atomic E-state index is 12.8. The van der Waals surface area contributed by atoms with E-state index in [9.17, 15) is 4.79 Å². The van der Waals surface area contributed by atoms with Gasteiger partial charge in [-0.05, 0) is 49.7 Å². The van der Waals surface area contributed by atoms with E-state index >= 15 is 0 Å². The van der Waals surface area contributed by atoms with Crippen LogP contribution in [0.2, 0.25) is 0 Å². The van der Waals surface area contributed by atoms with Gasteiger partial charge in [-0.2, -0.15) is 0 Å². The molecule has 2 aromatic rings. The predicted octanol–water partition coefficient (Wildman–Crippen LogP) is 3.83. The van der Waals surface area contributed by atoms with Gasteiger partial charge in [0.1, 0.15) is 5.75 Å². The number of aryl methyl sites for hydroxylation is 1. The molecule has 1 aliphatic rings. The summed E-state index contributed by atoms with van der Waals surface area (Å²) in [6, 6.07) is 16.3. The van der Waals surface area contributed by atoms with E-state index in [0.29, 0.717) is 0 Å². The van der Waals surface area contributed by atoms with Crippen LogP contribution in [0.15, 0.2) is 53.4 Å². The topological polar surface area (TPSA) is 32.8 Å². The highest BCUT2D eigenvalue weighted by Gasteiger charge is 2.26. The number of thioether (sulfide) groups is 1. The Morgan fingerprint density at radius 3 is 2.31 bits per heavy atom. The summed E-state index contributed by atoms with van der Waals surface area (Å²) in [5, 5.41) is -0.0894. The third-order valence-corrected chi connectivity index (χ3v) is 5.87. The molecule has 1 fully saturated rings. The molecule has 4 nitrogen and oxygen atoms in total. The molecule has 0 spiro atoms. The molecule has 26 heavy (non-hydrogen) atoms. The van der Waals surface area contributed by atoms with Crippen LogP contribution in [0.5, 0.6) is 5.75 Å². The minimum atomic E-state index is -0.0894. The van der Waals surface area contributed by atoms with Gasteiger partial charge < -0.3 is 14.5 Å². The van der Waals surface area contributed by atoms with Gasteiger partial charge in [0.05, 0.1) is 12.4 Å². The van der Waals surface area contributed by atoms with E-state index < -0.39 is 0 Å². The summed E-state index contributed by atoms with van der Waals surface area (Å²) < 4.78 is 5.18. The minimum Gasteiger partial charge on any atom is -0.497 e. The summed E-state index contributed by atoms with van der Waals surface area (Å²) in [4.78, 5) is 18.3. The SMILES string of the molecule is COc1ccc(SC(C)C(=O)N2CCN(c3ccccc3C)CC2)cc1. The first-order valence-electron chi connectivity index (χ1n) is 8.98. The number of piperazine rings is 1. The van der Waals surface area contributed by atoms with E-state index in [1.54, 1.807) is 18.9 Å². The Balaban J connectivity index is 1.55. The van der Waals surface area contributed by atoms with Crippen LogP contribution in [-0.2, 0) is 4.79 Å². The Labute approximate surface area is 160 Å². The van der Waals surface area contributed by atoms with Crippen LogP contribution in [-0.4, -0.2) is 49.3 Å². The van der Waals surface area contributed by atoms with Crippen molar-refractivity contribution in [3.05, 3.63) is 54.1 Å². The van der Waals surface area contributed by atoms with E-state index in [-0.39, 0.29) is 11.2 Å². The van der Waals surface area contributed by atoms with Gasteiger partial charge in [0.2, 0.25) is 5.91 Å². The largest absolute Gasteiger partial charge is 0.497 e. The number of carbonyl (C=O) groups is 1. The smallest absolute Gasteiger partial charge is 0.235 e. The maximum absolute atomic E-state index is 12.8. The number of hydrogen-bond acceptors (Lipinski definition) is 4. The number of methoxy groups -OCH3 is 1. The van der Waals surface area contributed by atoms with Crippen molar-refractivity contribution in [1.29, 1.82) is 0 Å². The molecule has 2 aromatic carbocycles. The van der Waals surface area contributed by atoms with Crippen LogP contribution in [0, 0.1) is 6.92 Å². The second-order valence-electron chi connectivity index (χ2n) is 6.53. The van der Waals surface area contributed by atoms with Gasteiger partial charge in [0, 0.05) is 36.8 Å². The van der Waals surface area contributed by atoms with Crippen molar-refractivity contribution >= 4 is 23.4 Å². The van der Waals surface area contributed by atoms with Crippen LogP contribution in [0.4, 0.5) is 5.69 Å². The first kappa shape index (κ1) is 18.6. The van der Waals surface area contributed by atoms with Gasteiger partial charge in [-0.15, -0.1) is 11.8 Å². The highest BCUT2D eigenvalue weighted by molar-refractivity contribution is 8.00. The first-order valence-corrected chi connectivity index (χ1v) is 9.86. The number of rotatable bonds is 5. The molecule has 0 N–H and O–H groups in total. The summed E-state index contributed by atoms with van der Waals surface area (Å²) >= 11 is 1.60. The zero-order valence-corrected chi connectivity index (χ0v) is 16.5. The van der Waals surface area contributed by atoms with Gasteiger partial charge in [-0.1, -0.05) is 18.2 Å². The van der Waals surface area contributed by atoms with Crippen molar-refractivity contribution in [1.82, 2.24) is 4.90 Å². The number of amides is 1. The monoisotopic (exact) mass is 370 g/mol. The molecule has 1 atom stereocenters. The molecule has 0 radical (unpaired) electrons. The second kappa shape index (κ2) is 8.49. The van der Waals surface area contributed by atoms with Crippen molar-refractivity contribution in [3.63, 3.8) is 0 Å². The first-order chi connectivity index (χ1) is 12.6. The average molecular weight is 371 g/mol. The van der Waals surface area contributed by atoms with Crippen molar-refractivity contribution in [2.45, 2.75) is 24.0 Å². The molecule has 1 amide bonds. The van der Waals surface area contributed by atoms with Crippen LogP contribution in [0.1, 0.15) is 12.5 Å². The molecule has 0 saturated carbocycles. The van der Waals surface area contributed by atoms with Gasteiger partial charge in [-0.25, -0.2) is 0 Å². The Morgan fingerprint density at radius 1 is 1.04 bits per heavy atom. The highest BCUT2D eigenvalue weighted by atomic mass is 32.2. The zero-order valence-electron chi connectivity index (χ0n) is 15.6. The number of anilines is 1. The fraction of sp³-hybridized carbons (Fsp3) is 0.381. The maximum Gasteiger partial charge on any atom is 0.235 e. The lowest BCUT2D eigenvalue weighted by atomic mass is 10.1. The molecule has 1 heterocycles. The number of nitrogens with zero attached hydrogens (tertiary/aromatic N) is 2.